The number of unbranched alkanes of at least 4 members (excludes halogenated alkanes) is 1. The zero-order valence-corrected chi connectivity index (χ0v) is 18.4. The Morgan fingerprint density at radius 2 is 1.77 bits per heavy atom. The van der Waals surface area contributed by atoms with Gasteiger partial charge in [-0.1, -0.05) is 38.5 Å². The van der Waals surface area contributed by atoms with E-state index in [0.717, 1.165) is 37.5 Å². The topological polar surface area (TPSA) is 85.8 Å². The van der Waals surface area contributed by atoms with Crippen LogP contribution in [0.25, 0.3) is 0 Å². The lowest BCUT2D eigenvalue weighted by atomic mass is 10.0. The number of hydrogen-bond donors (Lipinski definition) is 2. The molecule has 1 aromatic heterocycles. The summed E-state index contributed by atoms with van der Waals surface area (Å²) in [5.74, 6) is 2.68. The van der Waals surface area contributed by atoms with Crippen LogP contribution < -0.4 is 15.5 Å². The molecule has 8 nitrogen and oxygen atoms in total. The number of nitrogens with one attached hydrogen (secondary N) is 2. The molecular weight excluding hydrogens is 378 g/mol. The van der Waals surface area contributed by atoms with E-state index in [-0.39, 0.29) is 5.91 Å². The zero-order chi connectivity index (χ0) is 21.0. The van der Waals surface area contributed by atoms with Crippen molar-refractivity contribution < 1.29 is 4.79 Å². The first-order chi connectivity index (χ1) is 14.8. The first-order valence-corrected chi connectivity index (χ1v) is 11.5. The molecule has 1 aliphatic heterocycles. The molecule has 0 radical (unpaired) electrons. The average Bonchev–Trinajstić information content (AvgIpc) is 3.32. The maximum Gasteiger partial charge on any atom is 0.225 e. The summed E-state index contributed by atoms with van der Waals surface area (Å²) in [6.45, 7) is 4.50. The summed E-state index contributed by atoms with van der Waals surface area (Å²) in [4.78, 5) is 29.4. The predicted octanol–water partition coefficient (Wildman–Crippen LogP) is 2.04. The molecule has 166 valence electrons. The van der Waals surface area contributed by atoms with Crippen molar-refractivity contribution in [3.05, 3.63) is 18.5 Å². The molecule has 0 atom stereocenters. The van der Waals surface area contributed by atoms with Gasteiger partial charge in [0.15, 0.2) is 5.96 Å². The van der Waals surface area contributed by atoms with E-state index in [0.29, 0.717) is 26.1 Å². The summed E-state index contributed by atoms with van der Waals surface area (Å²) in [7, 11) is 1.78. The van der Waals surface area contributed by atoms with Crippen molar-refractivity contribution >= 4 is 17.8 Å². The maximum atomic E-state index is 12.5. The van der Waals surface area contributed by atoms with E-state index >= 15 is 0 Å². The highest BCUT2D eigenvalue weighted by atomic mass is 16.2. The monoisotopic (exact) mass is 415 g/mol. The second-order valence-electron chi connectivity index (χ2n) is 8.24. The van der Waals surface area contributed by atoms with Gasteiger partial charge in [-0.3, -0.25) is 9.79 Å². The quantitative estimate of drug-likeness (QED) is 0.365. The van der Waals surface area contributed by atoms with Crippen LogP contribution >= 0.6 is 0 Å². The molecule has 2 N–H and O–H groups in total. The Labute approximate surface area is 180 Å². The summed E-state index contributed by atoms with van der Waals surface area (Å²) in [6.07, 6.45) is 13.5. The zero-order valence-electron chi connectivity index (χ0n) is 18.4. The van der Waals surface area contributed by atoms with E-state index in [2.05, 4.69) is 30.5 Å². The van der Waals surface area contributed by atoms with E-state index < -0.39 is 0 Å². The normalized spacial score (nSPS) is 18.0. The molecular formula is C22H37N7O. The van der Waals surface area contributed by atoms with Crippen molar-refractivity contribution in [1.29, 1.82) is 0 Å². The number of rotatable bonds is 9. The number of hydrogen-bond acceptors (Lipinski definition) is 5. The third kappa shape index (κ3) is 7.15. The van der Waals surface area contributed by atoms with Gasteiger partial charge in [0.1, 0.15) is 0 Å². The number of guanidine groups is 1. The van der Waals surface area contributed by atoms with Crippen LogP contribution in [0.2, 0.25) is 0 Å². The van der Waals surface area contributed by atoms with Crippen LogP contribution in [0.1, 0.15) is 51.4 Å². The number of nitrogens with zero attached hydrogens (tertiary/aromatic N) is 5. The van der Waals surface area contributed by atoms with Gasteiger partial charge in [-0.2, -0.15) is 0 Å². The summed E-state index contributed by atoms with van der Waals surface area (Å²) in [6, 6.07) is 1.81. The lowest BCUT2D eigenvalue weighted by Gasteiger charge is -2.34. The average molecular weight is 416 g/mol. The van der Waals surface area contributed by atoms with Crippen LogP contribution in [0.5, 0.6) is 0 Å². The number of carbonyl (C=O) groups is 1. The fourth-order valence-electron chi connectivity index (χ4n) is 4.34. The van der Waals surface area contributed by atoms with Crippen LogP contribution in [-0.2, 0) is 4.79 Å². The van der Waals surface area contributed by atoms with Crippen LogP contribution in [0, 0.1) is 5.92 Å². The van der Waals surface area contributed by atoms with E-state index in [4.69, 9.17) is 0 Å². The number of aliphatic imine (C=N–C) groups is 1. The van der Waals surface area contributed by atoms with Gasteiger partial charge in [0, 0.05) is 65.1 Å². The van der Waals surface area contributed by atoms with Gasteiger partial charge < -0.3 is 20.4 Å². The molecule has 2 fully saturated rings. The lowest BCUT2D eigenvalue weighted by Crippen LogP contribution is -2.50. The van der Waals surface area contributed by atoms with Gasteiger partial charge in [0.2, 0.25) is 11.9 Å². The molecule has 1 saturated carbocycles. The van der Waals surface area contributed by atoms with Gasteiger partial charge in [0.25, 0.3) is 0 Å². The summed E-state index contributed by atoms with van der Waals surface area (Å²) >= 11 is 0. The minimum atomic E-state index is 0.183. The predicted molar refractivity (Wildman–Crippen MR) is 121 cm³/mol. The molecule has 1 saturated heterocycles. The smallest absolute Gasteiger partial charge is 0.225 e. The van der Waals surface area contributed by atoms with Gasteiger partial charge in [0.05, 0.1) is 0 Å². The Balaban J connectivity index is 1.25. The van der Waals surface area contributed by atoms with Gasteiger partial charge in [-0.15, -0.1) is 0 Å². The Kier molecular flexibility index (Phi) is 9.18. The SMILES string of the molecule is CN=C(NCCCCC1CCCC1)NCCC(=O)N1CCN(c2ncccn2)CC1. The molecule has 8 heteroatoms. The standard InChI is InChI=1S/C22H37N7O/c1-23-21(24-11-5-4-9-19-7-2-3-8-19)25-14-10-20(30)28-15-17-29(18-16-28)22-26-12-6-13-27-22/h6,12-13,19H,2-5,7-11,14-18H2,1H3,(H2,23,24,25). The minimum absolute atomic E-state index is 0.183. The van der Waals surface area contributed by atoms with Crippen LogP contribution in [-0.4, -0.2) is 73.1 Å². The van der Waals surface area contributed by atoms with Crippen molar-refractivity contribution in [2.24, 2.45) is 10.9 Å². The van der Waals surface area contributed by atoms with Crippen LogP contribution in [0.3, 0.4) is 0 Å². The van der Waals surface area contributed by atoms with E-state index in [9.17, 15) is 4.79 Å². The second kappa shape index (κ2) is 12.3. The fraction of sp³-hybridized carbons (Fsp3) is 0.727. The van der Waals surface area contributed by atoms with Gasteiger partial charge in [-0.05, 0) is 18.4 Å². The van der Waals surface area contributed by atoms with Crippen molar-refractivity contribution in [1.82, 2.24) is 25.5 Å². The van der Waals surface area contributed by atoms with Gasteiger partial charge in [-0.25, -0.2) is 9.97 Å². The molecule has 2 heterocycles. The molecule has 1 aliphatic carbocycles. The summed E-state index contributed by atoms with van der Waals surface area (Å²) < 4.78 is 0. The highest BCUT2D eigenvalue weighted by molar-refractivity contribution is 5.81. The molecule has 0 unspecified atom stereocenters. The Morgan fingerprint density at radius 3 is 2.47 bits per heavy atom. The molecule has 0 aromatic carbocycles. The third-order valence-corrected chi connectivity index (χ3v) is 6.13. The molecule has 3 rings (SSSR count). The first kappa shape index (κ1) is 22.3. The van der Waals surface area contributed by atoms with Crippen LogP contribution in [0.4, 0.5) is 5.95 Å². The lowest BCUT2D eigenvalue weighted by molar-refractivity contribution is -0.131. The maximum absolute atomic E-state index is 12.5. The molecule has 0 bridgehead atoms. The minimum Gasteiger partial charge on any atom is -0.356 e. The Morgan fingerprint density at radius 1 is 1.07 bits per heavy atom. The number of piperazine rings is 1. The van der Waals surface area contributed by atoms with Crippen LogP contribution in [0.15, 0.2) is 23.5 Å². The number of aromatic nitrogens is 2. The first-order valence-electron chi connectivity index (χ1n) is 11.5. The van der Waals surface area contributed by atoms with Crippen molar-refractivity contribution in [2.45, 2.75) is 51.4 Å². The Bertz CT molecular complexity index is 653. The van der Waals surface area contributed by atoms with E-state index in [1.807, 2.05) is 11.0 Å². The molecule has 0 spiro atoms. The third-order valence-electron chi connectivity index (χ3n) is 6.13. The molecule has 30 heavy (non-hydrogen) atoms. The van der Waals surface area contributed by atoms with Gasteiger partial charge >= 0.3 is 0 Å². The molecule has 1 amide bonds. The highest BCUT2D eigenvalue weighted by Crippen LogP contribution is 2.28. The molecule has 1 aromatic rings. The number of carbonyl (C=O) groups excluding carboxylic acids is 1. The highest BCUT2D eigenvalue weighted by Gasteiger charge is 2.22. The van der Waals surface area contributed by atoms with E-state index in [1.165, 1.54) is 44.9 Å². The summed E-state index contributed by atoms with van der Waals surface area (Å²) in [5.41, 5.74) is 0. The largest absolute Gasteiger partial charge is 0.356 e. The number of amides is 1. The van der Waals surface area contributed by atoms with Crippen molar-refractivity contribution in [3.63, 3.8) is 0 Å². The molecule has 2 aliphatic rings. The number of anilines is 1. The second-order valence-corrected chi connectivity index (χ2v) is 8.24. The fourth-order valence-corrected chi connectivity index (χ4v) is 4.34. The van der Waals surface area contributed by atoms with Crippen molar-refractivity contribution in [3.8, 4) is 0 Å². The Hall–Kier alpha value is -2.38. The van der Waals surface area contributed by atoms with E-state index in [1.54, 1.807) is 19.4 Å². The summed E-state index contributed by atoms with van der Waals surface area (Å²) in [5, 5.41) is 6.63. The van der Waals surface area contributed by atoms with Crippen molar-refractivity contribution in [2.75, 3.05) is 51.2 Å².